The largest absolute Gasteiger partial charge is 0.394 e. The van der Waals surface area contributed by atoms with Crippen LogP contribution >= 0.6 is 0 Å². The highest BCUT2D eigenvalue weighted by atomic mass is 16.5. The summed E-state index contributed by atoms with van der Waals surface area (Å²) in [6.07, 6.45) is 0. The maximum absolute atomic E-state index is 9.34. The number of morpholine rings is 1. The monoisotopic (exact) mass is 254 g/mol. The van der Waals surface area contributed by atoms with Crippen LogP contribution in [0.2, 0.25) is 0 Å². The third kappa shape index (κ3) is 2.87. The van der Waals surface area contributed by atoms with E-state index in [1.807, 2.05) is 4.90 Å². The smallest absolute Gasteiger partial charge is 0.158 e. The highest BCUT2D eigenvalue weighted by Gasteiger charge is 2.24. The number of rotatable bonds is 4. The molecule has 1 aromatic rings. The predicted molar refractivity (Wildman–Crippen MR) is 66.2 cm³/mol. The van der Waals surface area contributed by atoms with Crippen LogP contribution < -0.4 is 10.6 Å². The maximum atomic E-state index is 9.34. The van der Waals surface area contributed by atoms with Crippen molar-refractivity contribution in [3.05, 3.63) is 11.9 Å². The minimum absolute atomic E-state index is 0.0174. The molecule has 0 spiro atoms. The van der Waals surface area contributed by atoms with Crippen molar-refractivity contribution in [3.63, 3.8) is 0 Å². The molecule has 7 nitrogen and oxygen atoms in total. The van der Waals surface area contributed by atoms with Gasteiger partial charge in [-0.15, -0.1) is 0 Å². The molecule has 3 N–H and O–H groups in total. The lowest BCUT2D eigenvalue weighted by atomic mass is 10.2. The molecule has 0 aliphatic carbocycles. The molecule has 1 aliphatic rings. The minimum atomic E-state index is -0.0940. The second-order valence-electron chi connectivity index (χ2n) is 4.10. The van der Waals surface area contributed by atoms with E-state index in [-0.39, 0.29) is 12.6 Å². The fraction of sp³-hybridized carbons (Fsp3) is 0.636. The number of nitrogens with zero attached hydrogens (tertiary/aromatic N) is 3. The number of methoxy groups -OCH3 is 1. The first-order chi connectivity index (χ1) is 8.74. The average molecular weight is 254 g/mol. The van der Waals surface area contributed by atoms with Gasteiger partial charge in [-0.05, 0) is 0 Å². The van der Waals surface area contributed by atoms with Gasteiger partial charge in [0.25, 0.3) is 0 Å². The van der Waals surface area contributed by atoms with E-state index in [1.165, 1.54) is 0 Å². The summed E-state index contributed by atoms with van der Waals surface area (Å²) in [6, 6.07) is 1.61. The topological polar surface area (TPSA) is 93.7 Å². The Balaban J connectivity index is 2.24. The second-order valence-corrected chi connectivity index (χ2v) is 4.10. The Labute approximate surface area is 106 Å². The first-order valence-corrected chi connectivity index (χ1v) is 5.82. The summed E-state index contributed by atoms with van der Waals surface area (Å²) in [5, 5.41) is 9.34. The highest BCUT2D eigenvalue weighted by molar-refractivity contribution is 5.48. The van der Waals surface area contributed by atoms with Crippen LogP contribution in [0.15, 0.2) is 6.07 Å². The molecule has 1 unspecified atom stereocenters. The van der Waals surface area contributed by atoms with Crippen LogP contribution in [0.5, 0.6) is 0 Å². The van der Waals surface area contributed by atoms with Crippen molar-refractivity contribution in [2.45, 2.75) is 12.6 Å². The summed E-state index contributed by atoms with van der Waals surface area (Å²) in [5.74, 6) is 1.64. The Kier molecular flexibility index (Phi) is 4.29. The van der Waals surface area contributed by atoms with Gasteiger partial charge in [0.05, 0.1) is 25.9 Å². The summed E-state index contributed by atoms with van der Waals surface area (Å²) >= 11 is 0. The predicted octanol–water partition coefficient (Wildman–Crippen LogP) is -0.597. The molecule has 18 heavy (non-hydrogen) atoms. The fourth-order valence-electron chi connectivity index (χ4n) is 1.95. The highest BCUT2D eigenvalue weighted by Crippen LogP contribution is 2.19. The summed E-state index contributed by atoms with van der Waals surface area (Å²) < 4.78 is 10.3. The van der Waals surface area contributed by atoms with Crippen molar-refractivity contribution < 1.29 is 14.6 Å². The zero-order valence-corrected chi connectivity index (χ0v) is 10.4. The molecule has 2 rings (SSSR count). The number of aromatic nitrogens is 2. The van der Waals surface area contributed by atoms with Gasteiger partial charge in [-0.3, -0.25) is 0 Å². The number of aliphatic hydroxyl groups excluding tert-OH is 1. The fourth-order valence-corrected chi connectivity index (χ4v) is 1.95. The minimum Gasteiger partial charge on any atom is -0.394 e. The Morgan fingerprint density at radius 1 is 1.61 bits per heavy atom. The van der Waals surface area contributed by atoms with Crippen LogP contribution in [-0.2, 0) is 16.1 Å². The van der Waals surface area contributed by atoms with Crippen molar-refractivity contribution in [3.8, 4) is 0 Å². The standard InChI is InChI=1S/C11H18N4O3/c1-17-7-10-13-9(12)4-11(14-10)15-2-3-18-6-8(15)5-16/h4,8,16H,2-3,5-7H2,1H3,(H2,12,13,14). The zero-order valence-electron chi connectivity index (χ0n) is 10.4. The maximum Gasteiger partial charge on any atom is 0.158 e. The molecule has 0 saturated carbocycles. The number of aliphatic hydroxyl groups is 1. The van der Waals surface area contributed by atoms with Gasteiger partial charge in [0, 0.05) is 19.7 Å². The van der Waals surface area contributed by atoms with Gasteiger partial charge in [0.1, 0.15) is 18.2 Å². The van der Waals surface area contributed by atoms with Gasteiger partial charge < -0.3 is 25.2 Å². The average Bonchev–Trinajstić information content (AvgIpc) is 2.38. The quantitative estimate of drug-likeness (QED) is 0.741. The second kappa shape index (κ2) is 5.94. The van der Waals surface area contributed by atoms with Crippen LogP contribution in [0.1, 0.15) is 5.82 Å². The van der Waals surface area contributed by atoms with Crippen LogP contribution in [0, 0.1) is 0 Å². The molecule has 1 saturated heterocycles. The van der Waals surface area contributed by atoms with E-state index in [2.05, 4.69) is 9.97 Å². The molecular formula is C11H18N4O3. The van der Waals surface area contributed by atoms with E-state index in [1.54, 1.807) is 13.2 Å². The van der Waals surface area contributed by atoms with E-state index < -0.39 is 0 Å². The Hall–Kier alpha value is -1.44. The van der Waals surface area contributed by atoms with Gasteiger partial charge in [0.15, 0.2) is 5.82 Å². The summed E-state index contributed by atoms with van der Waals surface area (Å²) in [5.41, 5.74) is 5.76. The van der Waals surface area contributed by atoms with Gasteiger partial charge in [0.2, 0.25) is 0 Å². The van der Waals surface area contributed by atoms with E-state index in [0.29, 0.717) is 43.8 Å². The number of hydrogen-bond acceptors (Lipinski definition) is 7. The summed E-state index contributed by atoms with van der Waals surface area (Å²) in [6.45, 7) is 2.10. The Bertz CT molecular complexity index is 402. The normalized spacial score (nSPS) is 20.1. The molecule has 1 aliphatic heterocycles. The molecule has 0 bridgehead atoms. The summed E-state index contributed by atoms with van der Waals surface area (Å²) in [4.78, 5) is 10.5. The lowest BCUT2D eigenvalue weighted by molar-refractivity contribution is 0.0722. The van der Waals surface area contributed by atoms with Gasteiger partial charge in [-0.2, -0.15) is 0 Å². The molecule has 0 aromatic carbocycles. The number of nitrogen functional groups attached to an aromatic ring is 1. The number of anilines is 2. The van der Waals surface area contributed by atoms with Crippen molar-refractivity contribution in [2.24, 2.45) is 0 Å². The van der Waals surface area contributed by atoms with Crippen LogP contribution in [0.3, 0.4) is 0 Å². The van der Waals surface area contributed by atoms with Gasteiger partial charge in [-0.1, -0.05) is 0 Å². The SMILES string of the molecule is COCc1nc(N)cc(N2CCOCC2CO)n1. The van der Waals surface area contributed by atoms with Gasteiger partial charge in [-0.25, -0.2) is 9.97 Å². The van der Waals surface area contributed by atoms with E-state index in [0.717, 1.165) is 0 Å². The third-order valence-electron chi connectivity index (χ3n) is 2.78. The molecule has 0 radical (unpaired) electrons. The first-order valence-electron chi connectivity index (χ1n) is 5.82. The van der Waals surface area contributed by atoms with E-state index in [4.69, 9.17) is 15.2 Å². The van der Waals surface area contributed by atoms with Gasteiger partial charge >= 0.3 is 0 Å². The molecule has 1 atom stereocenters. The van der Waals surface area contributed by atoms with Crippen LogP contribution in [0.4, 0.5) is 11.6 Å². The van der Waals surface area contributed by atoms with Crippen LogP contribution in [0.25, 0.3) is 0 Å². The first kappa shape index (κ1) is 13.0. The molecule has 2 heterocycles. The number of ether oxygens (including phenoxy) is 2. The van der Waals surface area contributed by atoms with Crippen molar-refractivity contribution in [1.29, 1.82) is 0 Å². The molecule has 100 valence electrons. The molecule has 0 amide bonds. The number of nitrogens with two attached hydrogens (primary N) is 1. The number of hydrogen-bond donors (Lipinski definition) is 2. The van der Waals surface area contributed by atoms with Crippen molar-refractivity contribution in [2.75, 3.05) is 44.1 Å². The molecular weight excluding hydrogens is 236 g/mol. The molecule has 1 aromatic heterocycles. The van der Waals surface area contributed by atoms with Crippen molar-refractivity contribution >= 4 is 11.6 Å². The van der Waals surface area contributed by atoms with Crippen molar-refractivity contribution in [1.82, 2.24) is 9.97 Å². The Morgan fingerprint density at radius 3 is 3.17 bits per heavy atom. The molecule has 7 heteroatoms. The van der Waals surface area contributed by atoms with Crippen LogP contribution in [-0.4, -0.2) is 54.6 Å². The van der Waals surface area contributed by atoms with E-state index >= 15 is 0 Å². The summed E-state index contributed by atoms with van der Waals surface area (Å²) in [7, 11) is 1.58. The lowest BCUT2D eigenvalue weighted by Gasteiger charge is -2.35. The zero-order chi connectivity index (χ0) is 13.0. The third-order valence-corrected chi connectivity index (χ3v) is 2.78. The lowest BCUT2D eigenvalue weighted by Crippen LogP contribution is -2.48. The Morgan fingerprint density at radius 2 is 2.44 bits per heavy atom. The molecule has 1 fully saturated rings. The van der Waals surface area contributed by atoms with E-state index in [9.17, 15) is 5.11 Å².